The van der Waals surface area contributed by atoms with Crippen LogP contribution in [0.4, 0.5) is 13.2 Å². The van der Waals surface area contributed by atoms with E-state index in [-0.39, 0.29) is 142 Å². The number of sulfone groups is 1. The van der Waals surface area contributed by atoms with E-state index in [1.807, 2.05) is 221 Å². The minimum absolute atomic E-state index is 0.00743. The van der Waals surface area contributed by atoms with Crippen molar-refractivity contribution < 1.29 is 93.3 Å². The van der Waals surface area contributed by atoms with Gasteiger partial charge in [-0.1, -0.05) is 129 Å². The number of carbonyl (C=O) groups is 12. The Morgan fingerprint density at radius 1 is 0.511 bits per heavy atom. The van der Waals surface area contributed by atoms with Gasteiger partial charge in [-0.2, -0.15) is 5.26 Å². The first-order chi connectivity index (χ1) is 58.4. The number of esters is 3. The molecule has 2 fully saturated rings. The van der Waals surface area contributed by atoms with Gasteiger partial charge in [0.2, 0.25) is 35.3 Å². The van der Waals surface area contributed by atoms with Gasteiger partial charge >= 0.3 is 17.9 Å². The summed E-state index contributed by atoms with van der Waals surface area (Å²) in [6, 6.07) is 2.11. The fourth-order valence-corrected chi connectivity index (χ4v) is 10.3. The summed E-state index contributed by atoms with van der Waals surface area (Å²) in [6.07, 6.45) is 31.1. The van der Waals surface area contributed by atoms with Crippen LogP contribution in [0.25, 0.3) is 0 Å². The van der Waals surface area contributed by atoms with E-state index in [1.165, 1.54) is 26.8 Å². The van der Waals surface area contributed by atoms with Crippen LogP contribution in [0.2, 0.25) is 0 Å². The van der Waals surface area contributed by atoms with Crippen LogP contribution in [0, 0.1) is 86.3 Å². The highest BCUT2D eigenvalue weighted by molar-refractivity contribution is 7.95. The van der Waals surface area contributed by atoms with Gasteiger partial charge in [0, 0.05) is 97.4 Å². The quantitative estimate of drug-likeness (QED) is 0.0284. The molecule has 2 aliphatic heterocycles. The summed E-state index contributed by atoms with van der Waals surface area (Å²) < 4.78 is 74.6. The fourth-order valence-electron chi connectivity index (χ4n) is 9.76. The number of terminal acetylenes is 3. The average Bonchev–Trinajstić information content (AvgIpc) is 1.62. The van der Waals surface area contributed by atoms with Crippen molar-refractivity contribution in [2.45, 2.75) is 385 Å². The van der Waals surface area contributed by atoms with Crippen molar-refractivity contribution in [1.29, 1.82) is 5.26 Å². The number of carbonyl (C=O) groups excluding carboxylic acids is 12. The van der Waals surface area contributed by atoms with E-state index in [0.717, 1.165) is 57.0 Å². The molecule has 0 aromatic rings. The molecule has 0 aromatic carbocycles. The maximum atomic E-state index is 13.3. The summed E-state index contributed by atoms with van der Waals surface area (Å²) in [5, 5.41) is 20.5. The van der Waals surface area contributed by atoms with Gasteiger partial charge in [0.1, 0.15) is 34.1 Å². The zero-order valence-corrected chi connectivity index (χ0v) is 88.3. The lowest BCUT2D eigenvalue weighted by atomic mass is 9.82. The van der Waals surface area contributed by atoms with Gasteiger partial charge in [-0.3, -0.25) is 47.9 Å². The second kappa shape index (κ2) is 56.4. The van der Waals surface area contributed by atoms with Crippen molar-refractivity contribution in [3.05, 3.63) is 83.1 Å². The number of amides is 6. The zero-order valence-electron chi connectivity index (χ0n) is 87.5. The van der Waals surface area contributed by atoms with Crippen LogP contribution in [0.1, 0.15) is 347 Å². The third kappa shape index (κ3) is 64.7. The molecule has 4 aliphatic carbocycles. The summed E-state index contributed by atoms with van der Waals surface area (Å²) in [6.45, 7) is 82.2. The maximum Gasteiger partial charge on any atom is 0.384 e. The number of hydrogen-bond acceptors (Lipinski definition) is 18. The van der Waals surface area contributed by atoms with Crippen LogP contribution in [-0.2, 0) is 81.6 Å². The molecule has 2 saturated carbocycles. The average molecular weight is 1870 g/mol. The predicted octanol–water partition coefficient (Wildman–Crippen LogP) is 19.9. The molecule has 131 heavy (non-hydrogen) atoms. The minimum Gasteiger partial charge on any atom is -0.464 e. The van der Waals surface area contributed by atoms with E-state index in [2.05, 4.69) is 71.9 Å². The van der Waals surface area contributed by atoms with Gasteiger partial charge in [-0.15, -0.1) is 19.3 Å². The molecular weight excluding hydrogens is 1700 g/mol. The van der Waals surface area contributed by atoms with E-state index >= 15 is 0 Å². The smallest absolute Gasteiger partial charge is 0.384 e. The van der Waals surface area contributed by atoms with Crippen molar-refractivity contribution in [2.24, 2.45) is 37.9 Å². The van der Waals surface area contributed by atoms with Crippen LogP contribution in [0.5, 0.6) is 0 Å². The summed E-state index contributed by atoms with van der Waals surface area (Å²) in [7, 11) is -3.07. The number of nitrogens with zero attached hydrogens (tertiary/aromatic N) is 3. The van der Waals surface area contributed by atoms with Crippen LogP contribution >= 0.6 is 0 Å². The highest BCUT2D eigenvalue weighted by Gasteiger charge is 2.56. The lowest BCUT2D eigenvalue weighted by Crippen LogP contribution is -2.46. The van der Waals surface area contributed by atoms with E-state index < -0.39 is 37.2 Å². The van der Waals surface area contributed by atoms with E-state index in [1.54, 1.807) is 53.7 Å². The number of ether oxygens (including phenoxy) is 3. The Morgan fingerprint density at radius 2 is 0.893 bits per heavy atom. The highest BCUT2D eigenvalue weighted by Crippen LogP contribution is 2.50. The summed E-state index contributed by atoms with van der Waals surface area (Å²) in [4.78, 5) is 137. The Morgan fingerprint density at radius 3 is 1.12 bits per heavy atom. The van der Waals surface area contributed by atoms with Gasteiger partial charge < -0.3 is 45.3 Å². The van der Waals surface area contributed by atoms with Gasteiger partial charge in [0.15, 0.2) is 15.6 Å². The first-order valence-corrected chi connectivity index (χ1v) is 45.7. The van der Waals surface area contributed by atoms with Gasteiger partial charge in [-0.05, 0) is 277 Å². The van der Waals surface area contributed by atoms with Gasteiger partial charge in [0.25, 0.3) is 5.91 Å². The molecule has 6 rings (SSSR count). The molecule has 0 bridgehead atoms. The van der Waals surface area contributed by atoms with Crippen molar-refractivity contribution in [1.82, 2.24) is 31.1 Å². The second-order valence-electron chi connectivity index (χ2n) is 45.1. The third-order valence-corrected chi connectivity index (χ3v) is 19.7. The molecule has 6 aliphatic rings. The van der Waals surface area contributed by atoms with Crippen molar-refractivity contribution >= 4 is 80.5 Å². The molecule has 0 unspecified atom stereocenters. The number of nitriles is 1. The number of rotatable bonds is 11. The van der Waals surface area contributed by atoms with Crippen molar-refractivity contribution in [2.75, 3.05) is 32.9 Å². The lowest BCUT2D eigenvalue weighted by molar-refractivity contribution is -0.156. The van der Waals surface area contributed by atoms with Crippen LogP contribution < -0.4 is 21.3 Å². The largest absolute Gasteiger partial charge is 0.464 e. The lowest BCUT2D eigenvalue weighted by Gasteiger charge is -2.36. The van der Waals surface area contributed by atoms with Crippen LogP contribution in [0.15, 0.2) is 83.1 Å². The molecule has 4 N–H and O–H groups in total. The monoisotopic (exact) mass is 1860 g/mol. The van der Waals surface area contributed by atoms with Crippen molar-refractivity contribution in [3.8, 4) is 43.1 Å². The van der Waals surface area contributed by atoms with Crippen LogP contribution in [-0.4, -0.2) is 160 Å². The normalized spacial score (nSPS) is 15.6. The molecule has 0 radical (unpaired) electrons. The number of allylic oxidation sites excluding steroid dienone is 3. The Bertz CT molecular complexity index is 4300. The highest BCUT2D eigenvalue weighted by atomic mass is 32.2. The SMILES string of the molecule is C#CC(=O)C(C)(C)C.C#CC(=O)NC(C)(C)C.C#CC(=O)OCC(C)(C)C.C/C(F)=C(\C)C(=O)NC(C)(C)C.C=CC(=O)OCC(C)(C)C.C=CS(=O)(=O)C(C)(C)C.CC(=O)C1(C(=O)OCC(C)(C)C)CC1.CC(C)(C)C(=O)C1(C#N)CC1.CC(C)(C)N1CC=CC1=O.CC(C)(C)N1CCC=CC1=O.CC(C)(C)NC(=O)C1=C(F)CCC1.CC(C)(C)NC(=O)C1=C(F)CCCC1. The summed E-state index contributed by atoms with van der Waals surface area (Å²) in [5.74, 6) is 2.73. The molecule has 0 spiro atoms. The maximum absolute atomic E-state index is 13.3. The Hall–Kier alpha value is -9.67. The Balaban J connectivity index is -0.000000326. The molecule has 0 saturated heterocycles. The molecule has 2 heterocycles. The first-order valence-electron chi connectivity index (χ1n) is 44.2. The fraction of sp³-hybridized carbons (Fsp3) is 0.680. The molecule has 24 nitrogen and oxygen atoms in total. The standard InChI is InChI=1S/C11H18FNO.C11H18O3.C10H16FNO.C9H16FNO.C9H13NO.C9H15NO.C8H13NO.C8H14O2.C8H12O2.C7H11NO.C7H10O.C6H12O2S/c1-11(2,3)13-10(14)8-6-4-5-7-9(8)12;1-8(12)11(5-6-11)9(13)14-7-10(2,3)4;1-10(2,3)12-9(13)7-5-4-6-8(7)11;1-6(7(2)10)8(12)11-9(3,4)5;1-8(2,3)7(11)9(6-10)4-5-9;1-9(2,3)10-7-5-4-6-8(10)11;1-8(2,3)9-6-4-5-7(9)10;2*1-5-7(9)10-6-8(2,3)4;1-5-6(9)8-7(2,3)4;1-5-6(8)7(2,3)4;1-5-9(7,8)6(2,3)4/h4-7H2,1-3H3,(H,13,14);5-7H2,1-4H3;4-6H2,1-3H3,(H,12,13);1-5H3,(H,11,12);4-5H2,1-3H3;4,6H,5,7H2,1-3H3;4-5H,6H2,1-3H3;5H,1,6H2,2-4H3;1H,6H2,2-4H3;1H,2-4H3,(H,8,9);1H,2-4H3;5H,1H2,2-4H3/b;;;7-6-;;;;;;;;. The van der Waals surface area contributed by atoms with Crippen molar-refractivity contribution in [3.63, 3.8) is 0 Å². The summed E-state index contributed by atoms with van der Waals surface area (Å²) >= 11 is 0. The molecule has 28 heteroatoms. The molecule has 744 valence electrons. The minimum atomic E-state index is -3.07. The van der Waals surface area contributed by atoms with Gasteiger partial charge in [-0.25, -0.2) is 31.2 Å². The number of Topliss-reactive ketones (excluding diaryl/α,β-unsaturated/α-hetero) is 3. The number of hydrogen-bond donors (Lipinski definition) is 4. The number of ketones is 3. The third-order valence-electron chi connectivity index (χ3n) is 17.5. The molecular formula is C103H168F3N7O17S. The molecule has 6 amide bonds. The van der Waals surface area contributed by atoms with E-state index in [0.29, 0.717) is 69.5 Å². The summed E-state index contributed by atoms with van der Waals surface area (Å²) in [5.41, 5.74) is -2.42. The first kappa shape index (κ1) is 132. The Kier molecular flexibility index (Phi) is 56.8. The van der Waals surface area contributed by atoms with Crippen LogP contribution in [0.3, 0.4) is 0 Å². The van der Waals surface area contributed by atoms with E-state index in [4.69, 9.17) is 34.0 Å². The number of halogens is 3. The second-order valence-corrected chi connectivity index (χ2v) is 47.7. The predicted molar refractivity (Wildman–Crippen MR) is 521 cm³/mol. The Labute approximate surface area is 788 Å². The zero-order chi connectivity index (χ0) is 105. The number of nitrogens with one attached hydrogen (secondary N) is 4. The van der Waals surface area contributed by atoms with E-state index in [9.17, 15) is 79.1 Å². The molecule has 0 aromatic heterocycles. The molecule has 0 atom stereocenters. The van der Waals surface area contributed by atoms with Gasteiger partial charge in [0.05, 0.1) is 30.6 Å². The topological polar surface area (TPSA) is 345 Å².